The Balaban J connectivity index is 2.08. The molecule has 0 bridgehead atoms. The summed E-state index contributed by atoms with van der Waals surface area (Å²) in [6, 6.07) is 1.18. The largest absolute Gasteiger partial charge is 0.310 e. The number of rotatable bonds is 7. The number of anilines is 1. The molecule has 0 spiro atoms. The fourth-order valence-corrected chi connectivity index (χ4v) is 2.91. The summed E-state index contributed by atoms with van der Waals surface area (Å²) in [6.07, 6.45) is 4.86. The lowest BCUT2D eigenvalue weighted by molar-refractivity contribution is 0.102. The molecular weight excluding hydrogens is 322 g/mol. The Morgan fingerprint density at radius 1 is 1.45 bits per heavy atom. The van der Waals surface area contributed by atoms with E-state index in [2.05, 4.69) is 32.4 Å². The molecule has 2 aromatic heterocycles. The number of thioether (sulfide) groups is 1. The molecule has 0 aromatic carbocycles. The summed E-state index contributed by atoms with van der Waals surface area (Å²) in [5, 5.41) is 11.9. The van der Waals surface area contributed by atoms with Crippen LogP contribution in [0.25, 0.3) is 0 Å². The van der Waals surface area contributed by atoms with Crippen molar-refractivity contribution in [2.45, 2.75) is 31.9 Å². The number of hydrogen-bond donors (Lipinski definition) is 2. The van der Waals surface area contributed by atoms with E-state index in [0.717, 1.165) is 24.3 Å². The van der Waals surface area contributed by atoms with E-state index in [9.17, 15) is 9.59 Å². The standard InChI is InChI=1S/C13H17N5O2S2/c1-3-4-5-11-17-18-13(22-11)16-12(20)8-6-10(19)15-9(14-8)7-21-2/h6H,3-5,7H2,1-2H3,(H,14,15,19)(H,16,18,20). The minimum atomic E-state index is -0.452. The predicted octanol–water partition coefficient (Wildman–Crippen LogP) is 2.08. The Labute approximate surface area is 136 Å². The molecule has 0 fully saturated rings. The first-order chi connectivity index (χ1) is 10.6. The zero-order valence-electron chi connectivity index (χ0n) is 12.4. The van der Waals surface area contributed by atoms with Crippen LogP contribution in [0.3, 0.4) is 0 Å². The summed E-state index contributed by atoms with van der Waals surface area (Å²) in [5.41, 5.74) is -0.261. The Kier molecular flexibility index (Phi) is 6.08. The highest BCUT2D eigenvalue weighted by atomic mass is 32.2. The third kappa shape index (κ3) is 4.63. The third-order valence-corrected chi connectivity index (χ3v) is 4.20. The summed E-state index contributed by atoms with van der Waals surface area (Å²) < 4.78 is 0. The molecule has 0 unspecified atom stereocenters. The molecule has 0 saturated heterocycles. The van der Waals surface area contributed by atoms with Gasteiger partial charge in [-0.2, -0.15) is 11.8 Å². The van der Waals surface area contributed by atoms with Crippen molar-refractivity contribution in [3.8, 4) is 0 Å². The number of aromatic amines is 1. The van der Waals surface area contributed by atoms with E-state index in [4.69, 9.17) is 0 Å². The van der Waals surface area contributed by atoms with E-state index in [0.29, 0.717) is 16.7 Å². The molecule has 2 heterocycles. The molecule has 1 amide bonds. The van der Waals surface area contributed by atoms with Gasteiger partial charge in [-0.3, -0.25) is 14.9 Å². The van der Waals surface area contributed by atoms with Gasteiger partial charge in [0.15, 0.2) is 0 Å². The molecule has 22 heavy (non-hydrogen) atoms. The number of nitrogens with one attached hydrogen (secondary N) is 2. The average Bonchev–Trinajstić information content (AvgIpc) is 2.92. The molecule has 118 valence electrons. The summed E-state index contributed by atoms with van der Waals surface area (Å²) in [5.74, 6) is 0.564. The first kappa shape index (κ1) is 16.6. The Bertz CT molecular complexity index is 698. The van der Waals surface area contributed by atoms with Gasteiger partial charge in [0.2, 0.25) is 5.13 Å². The smallest absolute Gasteiger partial charge is 0.276 e. The number of carbonyl (C=O) groups excluding carboxylic acids is 1. The van der Waals surface area contributed by atoms with Crippen LogP contribution >= 0.6 is 23.1 Å². The zero-order valence-corrected chi connectivity index (χ0v) is 14.0. The quantitative estimate of drug-likeness (QED) is 0.801. The van der Waals surface area contributed by atoms with Gasteiger partial charge in [-0.25, -0.2) is 4.98 Å². The van der Waals surface area contributed by atoms with Crippen LogP contribution in [0, 0.1) is 0 Å². The highest BCUT2D eigenvalue weighted by molar-refractivity contribution is 7.97. The summed E-state index contributed by atoms with van der Waals surface area (Å²) >= 11 is 2.86. The van der Waals surface area contributed by atoms with Crippen LogP contribution in [0.1, 0.15) is 41.1 Å². The maximum Gasteiger partial charge on any atom is 0.276 e. The number of carbonyl (C=O) groups is 1. The SMILES string of the molecule is CCCCc1nnc(NC(=O)c2cc(=O)[nH]c(CSC)n2)s1. The number of H-pyrrole nitrogens is 1. The molecule has 2 rings (SSSR count). The fourth-order valence-electron chi connectivity index (χ4n) is 1.72. The van der Waals surface area contributed by atoms with Crippen LogP contribution in [0.4, 0.5) is 5.13 Å². The van der Waals surface area contributed by atoms with E-state index in [1.165, 1.54) is 29.2 Å². The van der Waals surface area contributed by atoms with E-state index >= 15 is 0 Å². The molecule has 0 aliphatic heterocycles. The molecule has 2 N–H and O–H groups in total. The molecule has 0 radical (unpaired) electrons. The molecular formula is C13H17N5O2S2. The van der Waals surface area contributed by atoms with E-state index in [1.807, 2.05) is 6.26 Å². The van der Waals surface area contributed by atoms with Crippen molar-refractivity contribution in [2.75, 3.05) is 11.6 Å². The number of unbranched alkanes of at least 4 members (excludes halogenated alkanes) is 1. The summed E-state index contributed by atoms with van der Waals surface area (Å²) in [7, 11) is 0. The van der Waals surface area contributed by atoms with Crippen LogP contribution < -0.4 is 10.9 Å². The van der Waals surface area contributed by atoms with Gasteiger partial charge >= 0.3 is 0 Å². The third-order valence-electron chi connectivity index (χ3n) is 2.74. The number of nitrogens with zero attached hydrogens (tertiary/aromatic N) is 3. The fraction of sp³-hybridized carbons (Fsp3) is 0.462. The van der Waals surface area contributed by atoms with Gasteiger partial charge in [-0.1, -0.05) is 24.7 Å². The van der Waals surface area contributed by atoms with Crippen LogP contribution in [-0.2, 0) is 12.2 Å². The second-order valence-corrected chi connectivity index (χ2v) is 6.50. The predicted molar refractivity (Wildman–Crippen MR) is 88.6 cm³/mol. The second-order valence-electron chi connectivity index (χ2n) is 4.57. The van der Waals surface area contributed by atoms with Crippen molar-refractivity contribution in [3.05, 3.63) is 32.9 Å². The molecule has 0 atom stereocenters. The Morgan fingerprint density at radius 3 is 3.00 bits per heavy atom. The number of amides is 1. The highest BCUT2D eigenvalue weighted by Gasteiger charge is 2.13. The normalized spacial score (nSPS) is 10.6. The minimum Gasteiger partial charge on any atom is -0.310 e. The molecule has 0 aliphatic rings. The molecule has 7 nitrogen and oxygen atoms in total. The zero-order chi connectivity index (χ0) is 15.9. The first-order valence-electron chi connectivity index (χ1n) is 6.85. The molecule has 9 heteroatoms. The van der Waals surface area contributed by atoms with Crippen LogP contribution in [-0.4, -0.2) is 32.3 Å². The van der Waals surface area contributed by atoms with Crippen LogP contribution in [0.5, 0.6) is 0 Å². The van der Waals surface area contributed by atoms with Gasteiger partial charge in [-0.05, 0) is 12.7 Å². The maximum atomic E-state index is 12.2. The van der Waals surface area contributed by atoms with Gasteiger partial charge in [0, 0.05) is 12.5 Å². The van der Waals surface area contributed by atoms with E-state index in [-0.39, 0.29) is 11.3 Å². The molecule has 0 saturated carbocycles. The minimum absolute atomic E-state index is 0.0816. The van der Waals surface area contributed by atoms with Crippen molar-refractivity contribution in [1.82, 2.24) is 20.2 Å². The van der Waals surface area contributed by atoms with Crippen molar-refractivity contribution < 1.29 is 4.79 Å². The summed E-state index contributed by atoms with van der Waals surface area (Å²) in [6.45, 7) is 2.11. The topological polar surface area (TPSA) is 101 Å². The van der Waals surface area contributed by atoms with Gasteiger partial charge < -0.3 is 4.98 Å². The Hall–Kier alpha value is -1.74. The van der Waals surface area contributed by atoms with Crippen molar-refractivity contribution in [3.63, 3.8) is 0 Å². The molecule has 2 aromatic rings. The summed E-state index contributed by atoms with van der Waals surface area (Å²) in [4.78, 5) is 30.5. The Morgan fingerprint density at radius 2 is 2.27 bits per heavy atom. The average molecular weight is 339 g/mol. The van der Waals surface area contributed by atoms with Crippen molar-refractivity contribution in [2.24, 2.45) is 0 Å². The van der Waals surface area contributed by atoms with Gasteiger partial charge in [0.05, 0.1) is 5.75 Å². The van der Waals surface area contributed by atoms with Crippen LogP contribution in [0.15, 0.2) is 10.9 Å². The highest BCUT2D eigenvalue weighted by Crippen LogP contribution is 2.17. The van der Waals surface area contributed by atoms with Crippen molar-refractivity contribution >= 4 is 34.1 Å². The first-order valence-corrected chi connectivity index (χ1v) is 9.06. The van der Waals surface area contributed by atoms with E-state index < -0.39 is 5.91 Å². The van der Waals surface area contributed by atoms with Gasteiger partial charge in [0.1, 0.15) is 16.5 Å². The van der Waals surface area contributed by atoms with Crippen molar-refractivity contribution in [1.29, 1.82) is 0 Å². The number of aromatic nitrogens is 4. The molecule has 0 aliphatic carbocycles. The monoisotopic (exact) mass is 339 g/mol. The lowest BCUT2D eigenvalue weighted by Gasteiger charge is -2.02. The van der Waals surface area contributed by atoms with Gasteiger partial charge in [-0.15, -0.1) is 10.2 Å². The number of hydrogen-bond acceptors (Lipinski definition) is 7. The lowest BCUT2D eigenvalue weighted by Crippen LogP contribution is -2.20. The maximum absolute atomic E-state index is 12.2. The number of aryl methyl sites for hydroxylation is 1. The van der Waals surface area contributed by atoms with E-state index in [1.54, 1.807) is 0 Å². The van der Waals surface area contributed by atoms with Gasteiger partial charge in [0.25, 0.3) is 11.5 Å². The second kappa shape index (κ2) is 8.04. The van der Waals surface area contributed by atoms with Crippen LogP contribution in [0.2, 0.25) is 0 Å². The lowest BCUT2D eigenvalue weighted by atomic mass is 10.3.